The minimum Gasteiger partial charge on any atom is -0.329 e. The molecule has 1 fully saturated rings. The van der Waals surface area contributed by atoms with Crippen LogP contribution < -0.4 is 11.1 Å². The van der Waals surface area contributed by atoms with Gasteiger partial charge in [-0.25, -0.2) is 0 Å². The summed E-state index contributed by atoms with van der Waals surface area (Å²) < 4.78 is 0. The summed E-state index contributed by atoms with van der Waals surface area (Å²) in [5.41, 5.74) is 6.68. The highest BCUT2D eigenvalue weighted by molar-refractivity contribution is 4.93. The molecule has 1 saturated carbocycles. The standard InChI is InChI=1S/C12H26N2/c1-4-14-12(10-13)7-5-6-11(2,3)8-9-12/h14H,4-10,13H2,1-3H3. The number of likely N-dealkylation sites (N-methyl/N-ethyl adjacent to an activating group) is 1. The zero-order valence-electron chi connectivity index (χ0n) is 10.0. The lowest BCUT2D eigenvalue weighted by Crippen LogP contribution is -2.50. The third kappa shape index (κ3) is 2.96. The predicted octanol–water partition coefficient (Wildman–Crippen LogP) is 2.28. The van der Waals surface area contributed by atoms with Crippen LogP contribution in [0.25, 0.3) is 0 Å². The van der Waals surface area contributed by atoms with Crippen LogP contribution in [0, 0.1) is 5.41 Å². The van der Waals surface area contributed by atoms with Crippen LogP contribution in [0.4, 0.5) is 0 Å². The van der Waals surface area contributed by atoms with Crippen LogP contribution in [0.15, 0.2) is 0 Å². The fraction of sp³-hybridized carbons (Fsp3) is 1.00. The second kappa shape index (κ2) is 4.63. The zero-order valence-corrected chi connectivity index (χ0v) is 10.0. The first kappa shape index (κ1) is 12.0. The lowest BCUT2D eigenvalue weighted by molar-refractivity contribution is 0.271. The Bertz CT molecular complexity index is 177. The molecule has 3 N–H and O–H groups in total. The maximum Gasteiger partial charge on any atom is 0.0304 e. The van der Waals surface area contributed by atoms with E-state index in [1.54, 1.807) is 0 Å². The molecule has 14 heavy (non-hydrogen) atoms. The molecule has 0 aromatic heterocycles. The Morgan fingerprint density at radius 3 is 2.43 bits per heavy atom. The maximum absolute atomic E-state index is 5.92. The molecule has 1 aliphatic rings. The monoisotopic (exact) mass is 198 g/mol. The Hall–Kier alpha value is -0.0800. The molecule has 2 heteroatoms. The van der Waals surface area contributed by atoms with Gasteiger partial charge in [0.2, 0.25) is 0 Å². The van der Waals surface area contributed by atoms with Gasteiger partial charge in [0.15, 0.2) is 0 Å². The van der Waals surface area contributed by atoms with Crippen molar-refractivity contribution in [3.8, 4) is 0 Å². The van der Waals surface area contributed by atoms with Crippen LogP contribution in [0.5, 0.6) is 0 Å². The first-order valence-corrected chi connectivity index (χ1v) is 5.99. The number of nitrogens with one attached hydrogen (secondary N) is 1. The lowest BCUT2D eigenvalue weighted by atomic mass is 9.83. The molecule has 0 radical (unpaired) electrons. The third-order valence-corrected chi connectivity index (χ3v) is 3.73. The van der Waals surface area contributed by atoms with Gasteiger partial charge in [-0.15, -0.1) is 0 Å². The largest absolute Gasteiger partial charge is 0.329 e. The van der Waals surface area contributed by atoms with E-state index in [2.05, 4.69) is 26.1 Å². The van der Waals surface area contributed by atoms with Crippen molar-refractivity contribution in [2.75, 3.05) is 13.1 Å². The minimum atomic E-state index is 0.239. The van der Waals surface area contributed by atoms with Crippen LogP contribution in [0.1, 0.15) is 52.9 Å². The summed E-state index contributed by atoms with van der Waals surface area (Å²) in [5.74, 6) is 0. The van der Waals surface area contributed by atoms with Gasteiger partial charge in [0.05, 0.1) is 0 Å². The fourth-order valence-electron chi connectivity index (χ4n) is 2.56. The first-order valence-electron chi connectivity index (χ1n) is 5.99. The van der Waals surface area contributed by atoms with Crippen LogP contribution in [0.2, 0.25) is 0 Å². The average Bonchev–Trinajstić information content (AvgIpc) is 2.27. The highest BCUT2D eigenvalue weighted by Gasteiger charge is 2.33. The van der Waals surface area contributed by atoms with E-state index in [-0.39, 0.29) is 5.54 Å². The molecule has 0 heterocycles. The second-order valence-electron chi connectivity index (χ2n) is 5.53. The van der Waals surface area contributed by atoms with Crippen LogP contribution in [-0.2, 0) is 0 Å². The number of hydrogen-bond acceptors (Lipinski definition) is 2. The van der Waals surface area contributed by atoms with Gasteiger partial charge < -0.3 is 11.1 Å². The zero-order chi connectivity index (χ0) is 10.7. The summed E-state index contributed by atoms with van der Waals surface area (Å²) in [6.45, 7) is 8.76. The Balaban J connectivity index is 2.61. The van der Waals surface area contributed by atoms with Crippen LogP contribution in [-0.4, -0.2) is 18.6 Å². The molecule has 84 valence electrons. The van der Waals surface area contributed by atoms with Crippen molar-refractivity contribution in [3.63, 3.8) is 0 Å². The van der Waals surface area contributed by atoms with E-state index in [1.807, 2.05) is 0 Å². The van der Waals surface area contributed by atoms with E-state index < -0.39 is 0 Å². The quantitative estimate of drug-likeness (QED) is 0.683. The highest BCUT2D eigenvalue weighted by Crippen LogP contribution is 2.37. The van der Waals surface area contributed by atoms with Crippen molar-refractivity contribution in [3.05, 3.63) is 0 Å². The van der Waals surface area contributed by atoms with Gasteiger partial charge in [-0.1, -0.05) is 27.2 Å². The number of nitrogens with two attached hydrogens (primary N) is 1. The summed E-state index contributed by atoms with van der Waals surface area (Å²) in [7, 11) is 0. The molecule has 0 aliphatic heterocycles. The third-order valence-electron chi connectivity index (χ3n) is 3.73. The predicted molar refractivity (Wildman–Crippen MR) is 62.3 cm³/mol. The summed E-state index contributed by atoms with van der Waals surface area (Å²) >= 11 is 0. The van der Waals surface area contributed by atoms with Crippen molar-refractivity contribution in [2.45, 2.75) is 58.4 Å². The van der Waals surface area contributed by atoms with E-state index in [1.165, 1.54) is 32.1 Å². The molecule has 0 spiro atoms. The molecule has 0 saturated heterocycles. The van der Waals surface area contributed by atoms with Gasteiger partial charge in [0.25, 0.3) is 0 Å². The maximum atomic E-state index is 5.92. The van der Waals surface area contributed by atoms with Crippen molar-refractivity contribution < 1.29 is 0 Å². The number of rotatable bonds is 3. The molecule has 1 unspecified atom stereocenters. The smallest absolute Gasteiger partial charge is 0.0304 e. The molecule has 1 aliphatic carbocycles. The van der Waals surface area contributed by atoms with E-state index in [0.717, 1.165) is 13.1 Å². The summed E-state index contributed by atoms with van der Waals surface area (Å²) in [5, 5.41) is 3.60. The molecular weight excluding hydrogens is 172 g/mol. The molecule has 0 aromatic rings. The van der Waals surface area contributed by atoms with Crippen molar-refractivity contribution in [2.24, 2.45) is 11.1 Å². The molecule has 2 nitrogen and oxygen atoms in total. The Morgan fingerprint density at radius 2 is 1.86 bits per heavy atom. The second-order valence-corrected chi connectivity index (χ2v) is 5.53. The molecule has 1 rings (SSSR count). The fourth-order valence-corrected chi connectivity index (χ4v) is 2.56. The highest BCUT2D eigenvalue weighted by atomic mass is 15.0. The Morgan fingerprint density at radius 1 is 1.14 bits per heavy atom. The van der Waals surface area contributed by atoms with Gasteiger partial charge in [-0.3, -0.25) is 0 Å². The lowest BCUT2D eigenvalue weighted by Gasteiger charge is -2.33. The van der Waals surface area contributed by atoms with Crippen LogP contribution >= 0.6 is 0 Å². The molecule has 0 amide bonds. The van der Waals surface area contributed by atoms with Crippen molar-refractivity contribution in [1.82, 2.24) is 5.32 Å². The van der Waals surface area contributed by atoms with Gasteiger partial charge in [0, 0.05) is 12.1 Å². The molecule has 1 atom stereocenters. The van der Waals surface area contributed by atoms with E-state index >= 15 is 0 Å². The first-order chi connectivity index (χ1) is 6.54. The van der Waals surface area contributed by atoms with Gasteiger partial charge >= 0.3 is 0 Å². The normalized spacial score (nSPS) is 32.6. The topological polar surface area (TPSA) is 38.0 Å². The Labute approximate surface area is 88.6 Å². The van der Waals surface area contributed by atoms with Gasteiger partial charge in [-0.05, 0) is 37.6 Å². The Kier molecular flexibility index (Phi) is 3.96. The summed E-state index contributed by atoms with van der Waals surface area (Å²) in [4.78, 5) is 0. The molecular formula is C12H26N2. The SMILES string of the molecule is CCNC1(CN)CCCC(C)(C)CC1. The van der Waals surface area contributed by atoms with Gasteiger partial charge in [-0.2, -0.15) is 0 Å². The summed E-state index contributed by atoms with van der Waals surface area (Å²) in [6, 6.07) is 0. The van der Waals surface area contributed by atoms with E-state index in [0.29, 0.717) is 5.41 Å². The number of hydrogen-bond donors (Lipinski definition) is 2. The van der Waals surface area contributed by atoms with Crippen molar-refractivity contribution >= 4 is 0 Å². The van der Waals surface area contributed by atoms with Crippen molar-refractivity contribution in [1.29, 1.82) is 0 Å². The van der Waals surface area contributed by atoms with E-state index in [4.69, 9.17) is 5.73 Å². The minimum absolute atomic E-state index is 0.239. The average molecular weight is 198 g/mol. The molecule has 0 bridgehead atoms. The molecule has 0 aromatic carbocycles. The summed E-state index contributed by atoms with van der Waals surface area (Å²) in [6.07, 6.45) is 6.46. The van der Waals surface area contributed by atoms with Gasteiger partial charge in [0.1, 0.15) is 0 Å². The van der Waals surface area contributed by atoms with E-state index in [9.17, 15) is 0 Å². The van der Waals surface area contributed by atoms with Crippen LogP contribution in [0.3, 0.4) is 0 Å².